The van der Waals surface area contributed by atoms with E-state index in [0.29, 0.717) is 0 Å². The fourth-order valence-electron chi connectivity index (χ4n) is 2.40. The van der Waals surface area contributed by atoms with Crippen LogP contribution in [0.2, 0.25) is 0 Å². The van der Waals surface area contributed by atoms with E-state index in [-0.39, 0.29) is 11.0 Å². The van der Waals surface area contributed by atoms with E-state index >= 15 is 0 Å². The molecule has 2 N–H and O–H groups in total. The van der Waals surface area contributed by atoms with E-state index in [1.807, 2.05) is 12.1 Å². The first-order chi connectivity index (χ1) is 7.53. The highest BCUT2D eigenvalue weighted by molar-refractivity contribution is 5.78. The first-order valence-electron chi connectivity index (χ1n) is 5.80. The van der Waals surface area contributed by atoms with Crippen molar-refractivity contribution in [3.8, 4) is 0 Å². The minimum atomic E-state index is -0.00951. The van der Waals surface area contributed by atoms with Crippen molar-refractivity contribution in [1.82, 2.24) is 0 Å². The Morgan fingerprint density at radius 2 is 2.00 bits per heavy atom. The minimum Gasteiger partial charge on any atom is -0.464 e. The normalized spacial score (nSPS) is 18.9. The van der Waals surface area contributed by atoms with Gasteiger partial charge in [0.25, 0.3) is 0 Å². The second kappa shape index (κ2) is 2.89. The standard InChI is InChI=1S/C14H17NO/c1-13(2,14(15)6-7-14)11-3-4-12-10(9-11)5-8-16-12/h3-5,8-9H,6-7,15H2,1-2H3. The van der Waals surface area contributed by atoms with Crippen LogP contribution in [0.4, 0.5) is 0 Å². The summed E-state index contributed by atoms with van der Waals surface area (Å²) in [5.41, 5.74) is 8.64. The summed E-state index contributed by atoms with van der Waals surface area (Å²) in [4.78, 5) is 0. The number of hydrogen-bond donors (Lipinski definition) is 1. The molecule has 1 aromatic heterocycles. The van der Waals surface area contributed by atoms with E-state index < -0.39 is 0 Å². The van der Waals surface area contributed by atoms with Gasteiger partial charge < -0.3 is 10.2 Å². The Kier molecular flexibility index (Phi) is 1.79. The molecule has 84 valence electrons. The van der Waals surface area contributed by atoms with Crippen LogP contribution in [0.5, 0.6) is 0 Å². The van der Waals surface area contributed by atoms with Gasteiger partial charge in [-0.15, -0.1) is 0 Å². The van der Waals surface area contributed by atoms with Crippen molar-refractivity contribution in [2.75, 3.05) is 0 Å². The van der Waals surface area contributed by atoms with Gasteiger partial charge in [0.2, 0.25) is 0 Å². The lowest BCUT2D eigenvalue weighted by Gasteiger charge is -2.32. The lowest BCUT2D eigenvalue weighted by molar-refractivity contribution is 0.391. The largest absolute Gasteiger partial charge is 0.464 e. The van der Waals surface area contributed by atoms with E-state index in [1.54, 1.807) is 6.26 Å². The first kappa shape index (κ1) is 9.91. The molecule has 3 rings (SSSR count). The number of fused-ring (bicyclic) bond motifs is 1. The quantitative estimate of drug-likeness (QED) is 0.835. The van der Waals surface area contributed by atoms with Gasteiger partial charge in [0, 0.05) is 16.3 Å². The Hall–Kier alpha value is -1.28. The molecule has 16 heavy (non-hydrogen) atoms. The third kappa shape index (κ3) is 1.23. The van der Waals surface area contributed by atoms with Crippen molar-refractivity contribution in [1.29, 1.82) is 0 Å². The third-order valence-corrected chi connectivity index (χ3v) is 4.21. The van der Waals surface area contributed by atoms with Crippen molar-refractivity contribution in [2.45, 2.75) is 37.6 Å². The van der Waals surface area contributed by atoms with E-state index in [2.05, 4.69) is 26.0 Å². The Bertz CT molecular complexity index is 534. The number of rotatable bonds is 2. The molecular weight excluding hydrogens is 198 g/mol. The van der Waals surface area contributed by atoms with Crippen molar-refractivity contribution < 1.29 is 4.42 Å². The minimum absolute atomic E-state index is 0.00951. The van der Waals surface area contributed by atoms with Gasteiger partial charge in [0.05, 0.1) is 6.26 Å². The molecule has 0 atom stereocenters. The molecule has 1 fully saturated rings. The summed E-state index contributed by atoms with van der Waals surface area (Å²) in [6, 6.07) is 8.38. The molecule has 2 nitrogen and oxygen atoms in total. The lowest BCUT2D eigenvalue weighted by atomic mass is 9.76. The SMILES string of the molecule is CC(C)(c1ccc2occc2c1)C1(N)CC1. The summed E-state index contributed by atoms with van der Waals surface area (Å²) >= 11 is 0. The van der Waals surface area contributed by atoms with Crippen LogP contribution in [0.25, 0.3) is 11.0 Å². The highest BCUT2D eigenvalue weighted by Gasteiger charge is 2.51. The Balaban J connectivity index is 2.11. The van der Waals surface area contributed by atoms with Crippen LogP contribution in [0, 0.1) is 0 Å². The van der Waals surface area contributed by atoms with E-state index in [9.17, 15) is 0 Å². The molecule has 0 amide bonds. The Morgan fingerprint density at radius 1 is 1.25 bits per heavy atom. The van der Waals surface area contributed by atoms with Crippen LogP contribution in [-0.2, 0) is 5.41 Å². The van der Waals surface area contributed by atoms with Gasteiger partial charge in [0.15, 0.2) is 0 Å². The maximum Gasteiger partial charge on any atom is 0.133 e. The maximum atomic E-state index is 6.35. The highest BCUT2D eigenvalue weighted by Crippen LogP contribution is 2.49. The van der Waals surface area contributed by atoms with E-state index in [4.69, 9.17) is 10.2 Å². The van der Waals surface area contributed by atoms with Crippen molar-refractivity contribution in [2.24, 2.45) is 5.73 Å². The topological polar surface area (TPSA) is 39.2 Å². The van der Waals surface area contributed by atoms with Crippen LogP contribution < -0.4 is 5.73 Å². The number of furan rings is 1. The van der Waals surface area contributed by atoms with E-state index in [0.717, 1.165) is 23.8 Å². The molecule has 0 radical (unpaired) electrons. The summed E-state index contributed by atoms with van der Waals surface area (Å²) in [7, 11) is 0. The van der Waals surface area contributed by atoms with Crippen LogP contribution in [0.1, 0.15) is 32.3 Å². The van der Waals surface area contributed by atoms with Gasteiger partial charge in [-0.25, -0.2) is 0 Å². The Labute approximate surface area is 95.4 Å². The average molecular weight is 215 g/mol. The zero-order valence-electron chi connectivity index (χ0n) is 9.79. The van der Waals surface area contributed by atoms with Gasteiger partial charge >= 0.3 is 0 Å². The smallest absolute Gasteiger partial charge is 0.133 e. The average Bonchev–Trinajstić information content (AvgIpc) is 2.86. The molecule has 2 heteroatoms. The van der Waals surface area contributed by atoms with Gasteiger partial charge in [-0.3, -0.25) is 0 Å². The van der Waals surface area contributed by atoms with Crippen LogP contribution in [0.3, 0.4) is 0 Å². The molecule has 0 spiro atoms. The maximum absolute atomic E-state index is 6.35. The van der Waals surface area contributed by atoms with Crippen molar-refractivity contribution >= 4 is 11.0 Å². The lowest BCUT2D eigenvalue weighted by Crippen LogP contribution is -2.43. The predicted molar refractivity (Wildman–Crippen MR) is 65.4 cm³/mol. The van der Waals surface area contributed by atoms with Gasteiger partial charge in [0.1, 0.15) is 5.58 Å². The molecule has 0 saturated heterocycles. The molecule has 1 aliphatic rings. The van der Waals surface area contributed by atoms with E-state index in [1.165, 1.54) is 5.56 Å². The fraction of sp³-hybridized carbons (Fsp3) is 0.429. The predicted octanol–water partition coefficient (Wildman–Crippen LogP) is 3.20. The van der Waals surface area contributed by atoms with Crippen molar-refractivity contribution in [3.63, 3.8) is 0 Å². The van der Waals surface area contributed by atoms with Crippen LogP contribution in [-0.4, -0.2) is 5.54 Å². The van der Waals surface area contributed by atoms with Crippen LogP contribution in [0.15, 0.2) is 34.9 Å². The monoisotopic (exact) mass is 215 g/mol. The molecule has 2 aromatic rings. The first-order valence-corrected chi connectivity index (χ1v) is 5.80. The number of benzene rings is 1. The number of hydrogen-bond acceptors (Lipinski definition) is 2. The summed E-state index contributed by atoms with van der Waals surface area (Å²) in [5, 5.41) is 1.16. The second-order valence-corrected chi connectivity index (χ2v) is 5.45. The summed E-state index contributed by atoms with van der Waals surface area (Å²) in [5.74, 6) is 0. The summed E-state index contributed by atoms with van der Waals surface area (Å²) in [6.07, 6.45) is 3.99. The molecule has 1 saturated carbocycles. The van der Waals surface area contributed by atoms with Gasteiger partial charge in [-0.05, 0) is 36.6 Å². The fourth-order valence-corrected chi connectivity index (χ4v) is 2.40. The molecule has 0 bridgehead atoms. The molecule has 1 aromatic carbocycles. The van der Waals surface area contributed by atoms with Gasteiger partial charge in [-0.1, -0.05) is 19.9 Å². The molecule has 1 heterocycles. The van der Waals surface area contributed by atoms with Crippen LogP contribution >= 0.6 is 0 Å². The summed E-state index contributed by atoms with van der Waals surface area (Å²) < 4.78 is 5.36. The van der Waals surface area contributed by atoms with Gasteiger partial charge in [-0.2, -0.15) is 0 Å². The van der Waals surface area contributed by atoms with Crippen molar-refractivity contribution in [3.05, 3.63) is 36.1 Å². The summed E-state index contributed by atoms with van der Waals surface area (Å²) in [6.45, 7) is 4.47. The Morgan fingerprint density at radius 3 is 2.69 bits per heavy atom. The zero-order chi connectivity index (χ0) is 11.4. The molecule has 0 aliphatic heterocycles. The molecule has 0 unspecified atom stereocenters. The zero-order valence-corrected chi connectivity index (χ0v) is 9.79. The third-order valence-electron chi connectivity index (χ3n) is 4.21. The number of nitrogens with two attached hydrogens (primary N) is 1. The molecule has 1 aliphatic carbocycles. The molecular formula is C14H17NO. The highest BCUT2D eigenvalue weighted by atomic mass is 16.3. The second-order valence-electron chi connectivity index (χ2n) is 5.45.